The molecule has 0 aliphatic carbocycles. The van der Waals surface area contributed by atoms with Gasteiger partial charge in [0.05, 0.1) is 33.3 Å². The van der Waals surface area contributed by atoms with Gasteiger partial charge in [-0.05, 0) is 50.2 Å². The highest BCUT2D eigenvalue weighted by atomic mass is 79.9. The molecule has 1 aliphatic heterocycles. The van der Waals surface area contributed by atoms with Crippen LogP contribution in [0.4, 0.5) is 0 Å². The summed E-state index contributed by atoms with van der Waals surface area (Å²) >= 11 is 3.58. The molecule has 3 rings (SSSR count). The van der Waals surface area contributed by atoms with Gasteiger partial charge in [-0.3, -0.25) is 9.69 Å². The molecule has 0 saturated carbocycles. The third-order valence-electron chi connectivity index (χ3n) is 5.46. The van der Waals surface area contributed by atoms with Crippen molar-refractivity contribution in [1.82, 2.24) is 4.90 Å². The van der Waals surface area contributed by atoms with Gasteiger partial charge in [-0.15, -0.1) is 0 Å². The first-order valence-electron chi connectivity index (χ1n) is 9.51. The second kappa shape index (κ2) is 9.50. The lowest BCUT2D eigenvalue weighted by Crippen LogP contribution is -2.39. The number of carbonyl (C=O) groups is 1. The van der Waals surface area contributed by atoms with E-state index in [4.69, 9.17) is 14.2 Å². The zero-order valence-electron chi connectivity index (χ0n) is 16.9. The number of piperidine rings is 1. The lowest BCUT2D eigenvalue weighted by molar-refractivity contribution is -0.143. The van der Waals surface area contributed by atoms with E-state index >= 15 is 0 Å². The first-order chi connectivity index (χ1) is 14.0. The van der Waals surface area contributed by atoms with Gasteiger partial charge in [0.1, 0.15) is 5.75 Å². The van der Waals surface area contributed by atoms with E-state index in [2.05, 4.69) is 20.8 Å². The minimum absolute atomic E-state index is 0.165. The van der Waals surface area contributed by atoms with Crippen LogP contribution in [0.15, 0.2) is 40.9 Å². The highest BCUT2D eigenvalue weighted by molar-refractivity contribution is 9.10. The van der Waals surface area contributed by atoms with E-state index in [9.17, 15) is 9.90 Å². The van der Waals surface area contributed by atoms with Gasteiger partial charge in [0.25, 0.3) is 0 Å². The standard InChI is InChI=1S/C22H26BrNO5/c1-27-18-8-7-15(23)13-17(18)20(24-11-9-14(10-12-24)22(25)26)16-5-4-6-19(28-2)21(16)29-3/h4-8,13-14,20H,9-12H2,1-3H3,(H,25,26). The summed E-state index contributed by atoms with van der Waals surface area (Å²) in [6.07, 6.45) is 1.21. The van der Waals surface area contributed by atoms with Crippen LogP contribution < -0.4 is 14.2 Å². The van der Waals surface area contributed by atoms with E-state index < -0.39 is 5.97 Å². The molecule has 0 amide bonds. The van der Waals surface area contributed by atoms with E-state index in [1.165, 1.54) is 0 Å². The van der Waals surface area contributed by atoms with Crippen LogP contribution in [-0.2, 0) is 4.79 Å². The number of rotatable bonds is 7. The molecule has 1 atom stereocenters. The lowest BCUT2D eigenvalue weighted by Gasteiger charge is -2.38. The molecule has 0 bridgehead atoms. The SMILES string of the molecule is COc1ccc(Br)cc1C(c1cccc(OC)c1OC)N1CCC(C(=O)O)CC1. The number of aliphatic carboxylic acids is 1. The predicted octanol–water partition coefficient (Wildman–Crippen LogP) is 4.36. The molecule has 7 heteroatoms. The lowest BCUT2D eigenvalue weighted by atomic mass is 9.90. The number of benzene rings is 2. The van der Waals surface area contributed by atoms with Gasteiger partial charge in [0, 0.05) is 15.6 Å². The molecule has 1 unspecified atom stereocenters. The molecule has 2 aromatic rings. The number of hydrogen-bond donors (Lipinski definition) is 1. The van der Waals surface area contributed by atoms with Crippen molar-refractivity contribution in [3.8, 4) is 17.2 Å². The van der Waals surface area contributed by atoms with Crippen molar-refractivity contribution in [2.24, 2.45) is 5.92 Å². The van der Waals surface area contributed by atoms with E-state index in [1.54, 1.807) is 21.3 Å². The van der Waals surface area contributed by atoms with Crippen molar-refractivity contribution in [2.45, 2.75) is 18.9 Å². The Balaban J connectivity index is 2.11. The average molecular weight is 464 g/mol. The Morgan fingerprint density at radius 3 is 2.31 bits per heavy atom. The number of carboxylic acid groups (broad SMARTS) is 1. The molecule has 1 heterocycles. The van der Waals surface area contributed by atoms with Gasteiger partial charge in [-0.25, -0.2) is 0 Å². The second-order valence-corrected chi connectivity index (χ2v) is 7.94. The second-order valence-electron chi connectivity index (χ2n) is 7.02. The maximum Gasteiger partial charge on any atom is 0.306 e. The van der Waals surface area contributed by atoms with Crippen LogP contribution in [-0.4, -0.2) is 50.4 Å². The van der Waals surface area contributed by atoms with Crippen LogP contribution in [0.2, 0.25) is 0 Å². The molecule has 1 aliphatic rings. The van der Waals surface area contributed by atoms with E-state index in [1.807, 2.05) is 36.4 Å². The Labute approximate surface area is 179 Å². The van der Waals surface area contributed by atoms with Crippen LogP contribution in [0.5, 0.6) is 17.2 Å². The normalized spacial score (nSPS) is 16.3. The fourth-order valence-electron chi connectivity index (χ4n) is 4.01. The number of para-hydroxylation sites is 1. The Bertz CT molecular complexity index is 864. The number of carboxylic acids is 1. The zero-order chi connectivity index (χ0) is 21.0. The molecule has 2 aromatic carbocycles. The quantitative estimate of drug-likeness (QED) is 0.657. The summed E-state index contributed by atoms with van der Waals surface area (Å²) in [7, 11) is 4.91. The van der Waals surface area contributed by atoms with Crippen molar-refractivity contribution in [1.29, 1.82) is 0 Å². The van der Waals surface area contributed by atoms with Crippen LogP contribution in [0.3, 0.4) is 0 Å². The van der Waals surface area contributed by atoms with E-state index in [0.717, 1.165) is 21.3 Å². The van der Waals surface area contributed by atoms with Crippen LogP contribution in [0.1, 0.15) is 30.0 Å². The maximum atomic E-state index is 11.4. The molecule has 1 fully saturated rings. The Kier molecular flexibility index (Phi) is 7.03. The molecule has 1 N–H and O–H groups in total. The number of methoxy groups -OCH3 is 3. The number of hydrogen-bond acceptors (Lipinski definition) is 5. The van der Waals surface area contributed by atoms with Gasteiger partial charge in [-0.1, -0.05) is 28.1 Å². The summed E-state index contributed by atoms with van der Waals surface area (Å²) in [6, 6.07) is 11.6. The van der Waals surface area contributed by atoms with Crippen LogP contribution in [0.25, 0.3) is 0 Å². The number of likely N-dealkylation sites (tertiary alicyclic amines) is 1. The predicted molar refractivity (Wildman–Crippen MR) is 114 cm³/mol. The molecule has 29 heavy (non-hydrogen) atoms. The smallest absolute Gasteiger partial charge is 0.306 e. The van der Waals surface area contributed by atoms with E-state index in [-0.39, 0.29) is 12.0 Å². The minimum Gasteiger partial charge on any atom is -0.496 e. The molecular formula is C22H26BrNO5. The number of nitrogens with zero attached hydrogens (tertiary/aromatic N) is 1. The zero-order valence-corrected chi connectivity index (χ0v) is 18.4. The topological polar surface area (TPSA) is 68.2 Å². The van der Waals surface area contributed by atoms with Gasteiger partial charge in [0.15, 0.2) is 11.5 Å². The van der Waals surface area contributed by atoms with Crippen molar-refractivity contribution in [3.63, 3.8) is 0 Å². The van der Waals surface area contributed by atoms with Gasteiger partial charge in [0.2, 0.25) is 0 Å². The fraction of sp³-hybridized carbons (Fsp3) is 0.409. The van der Waals surface area contributed by atoms with Crippen LogP contribution in [0, 0.1) is 5.92 Å². The Morgan fingerprint density at radius 2 is 1.72 bits per heavy atom. The summed E-state index contributed by atoms with van der Waals surface area (Å²) < 4.78 is 17.9. The molecule has 1 saturated heterocycles. The molecule has 0 spiro atoms. The molecular weight excluding hydrogens is 438 g/mol. The largest absolute Gasteiger partial charge is 0.496 e. The van der Waals surface area contributed by atoms with Gasteiger partial charge in [-0.2, -0.15) is 0 Å². The monoisotopic (exact) mass is 463 g/mol. The van der Waals surface area contributed by atoms with E-state index in [0.29, 0.717) is 37.4 Å². The average Bonchev–Trinajstić information content (AvgIpc) is 2.74. The van der Waals surface area contributed by atoms with Crippen molar-refractivity contribution in [2.75, 3.05) is 34.4 Å². The number of ether oxygens (including phenoxy) is 3. The maximum absolute atomic E-state index is 11.4. The summed E-state index contributed by atoms with van der Waals surface area (Å²) in [5.74, 6) is 1.07. The first-order valence-corrected chi connectivity index (χ1v) is 10.3. The third-order valence-corrected chi connectivity index (χ3v) is 5.95. The highest BCUT2D eigenvalue weighted by Gasteiger charge is 2.33. The fourth-order valence-corrected chi connectivity index (χ4v) is 4.39. The Morgan fingerprint density at radius 1 is 1.03 bits per heavy atom. The first kappa shape index (κ1) is 21.5. The molecule has 0 aromatic heterocycles. The summed E-state index contributed by atoms with van der Waals surface area (Å²) in [5.41, 5.74) is 1.94. The summed E-state index contributed by atoms with van der Waals surface area (Å²) in [4.78, 5) is 13.7. The highest BCUT2D eigenvalue weighted by Crippen LogP contribution is 2.44. The van der Waals surface area contributed by atoms with Gasteiger partial charge >= 0.3 is 5.97 Å². The summed E-state index contributed by atoms with van der Waals surface area (Å²) in [5, 5.41) is 9.38. The Hall–Kier alpha value is -2.25. The van der Waals surface area contributed by atoms with Crippen LogP contribution >= 0.6 is 15.9 Å². The molecule has 6 nitrogen and oxygen atoms in total. The van der Waals surface area contributed by atoms with Crippen molar-refractivity contribution < 1.29 is 24.1 Å². The van der Waals surface area contributed by atoms with Gasteiger partial charge < -0.3 is 19.3 Å². The minimum atomic E-state index is -0.722. The van der Waals surface area contributed by atoms with Crippen molar-refractivity contribution >= 4 is 21.9 Å². The third kappa shape index (κ3) is 4.51. The molecule has 0 radical (unpaired) electrons. The number of halogens is 1. The van der Waals surface area contributed by atoms with Crippen molar-refractivity contribution in [3.05, 3.63) is 52.0 Å². The summed E-state index contributed by atoms with van der Waals surface area (Å²) in [6.45, 7) is 1.33. The molecule has 156 valence electrons.